The van der Waals surface area contributed by atoms with Gasteiger partial charge in [0.05, 0.1) is 13.2 Å². The van der Waals surface area contributed by atoms with Gasteiger partial charge in [0, 0.05) is 11.6 Å². The van der Waals surface area contributed by atoms with Crippen molar-refractivity contribution in [3.05, 3.63) is 59.7 Å². The highest BCUT2D eigenvalue weighted by Crippen LogP contribution is 2.41. The molecule has 0 aromatic heterocycles. The summed E-state index contributed by atoms with van der Waals surface area (Å²) in [5.74, 6) is 0.858. The molecular formula is C16H15NO2. The Morgan fingerprint density at radius 2 is 1.95 bits per heavy atom. The Balaban J connectivity index is 2.10. The molecule has 1 aliphatic heterocycles. The molecule has 0 bridgehead atoms. The molecule has 3 rings (SSSR count). The van der Waals surface area contributed by atoms with Crippen LogP contribution in [0.4, 0.5) is 5.69 Å². The molecule has 96 valence electrons. The van der Waals surface area contributed by atoms with Crippen LogP contribution in [-0.2, 0) is 4.79 Å². The van der Waals surface area contributed by atoms with Gasteiger partial charge in [0.1, 0.15) is 12.0 Å². The molecule has 2 atom stereocenters. The summed E-state index contributed by atoms with van der Waals surface area (Å²) >= 11 is 0. The SMILES string of the molecule is COc1ccc2c(c1)[C@@H](c1ccccc1)[C@@H](C=O)N2. The zero-order valence-corrected chi connectivity index (χ0v) is 10.7. The van der Waals surface area contributed by atoms with E-state index in [4.69, 9.17) is 4.74 Å². The number of ether oxygens (including phenoxy) is 1. The van der Waals surface area contributed by atoms with Gasteiger partial charge in [0.25, 0.3) is 0 Å². The largest absolute Gasteiger partial charge is 0.497 e. The molecule has 1 heterocycles. The van der Waals surface area contributed by atoms with Crippen molar-refractivity contribution in [3.63, 3.8) is 0 Å². The van der Waals surface area contributed by atoms with Gasteiger partial charge in [-0.1, -0.05) is 30.3 Å². The number of hydrogen-bond acceptors (Lipinski definition) is 3. The Labute approximate surface area is 112 Å². The maximum Gasteiger partial charge on any atom is 0.143 e. The van der Waals surface area contributed by atoms with E-state index in [1.54, 1.807) is 7.11 Å². The lowest BCUT2D eigenvalue weighted by molar-refractivity contribution is -0.108. The number of benzene rings is 2. The summed E-state index contributed by atoms with van der Waals surface area (Å²) in [6, 6.07) is 15.7. The number of anilines is 1. The molecule has 0 fully saturated rings. The first kappa shape index (κ1) is 11.8. The fourth-order valence-corrected chi connectivity index (χ4v) is 2.67. The molecule has 2 aromatic carbocycles. The summed E-state index contributed by atoms with van der Waals surface area (Å²) < 4.78 is 5.28. The van der Waals surface area contributed by atoms with Crippen LogP contribution in [0.3, 0.4) is 0 Å². The van der Waals surface area contributed by atoms with Crippen molar-refractivity contribution >= 4 is 12.0 Å². The number of carbonyl (C=O) groups excluding carboxylic acids is 1. The lowest BCUT2D eigenvalue weighted by Gasteiger charge is -2.15. The number of rotatable bonds is 3. The van der Waals surface area contributed by atoms with Crippen molar-refractivity contribution < 1.29 is 9.53 Å². The molecule has 0 aliphatic carbocycles. The van der Waals surface area contributed by atoms with E-state index in [2.05, 4.69) is 17.4 Å². The summed E-state index contributed by atoms with van der Waals surface area (Å²) in [7, 11) is 1.65. The van der Waals surface area contributed by atoms with Crippen LogP contribution >= 0.6 is 0 Å². The van der Waals surface area contributed by atoms with Crippen molar-refractivity contribution in [2.45, 2.75) is 12.0 Å². The number of carbonyl (C=O) groups is 1. The molecule has 0 amide bonds. The fourth-order valence-electron chi connectivity index (χ4n) is 2.67. The van der Waals surface area contributed by atoms with E-state index in [9.17, 15) is 4.79 Å². The smallest absolute Gasteiger partial charge is 0.143 e. The van der Waals surface area contributed by atoms with Gasteiger partial charge in [-0.25, -0.2) is 0 Å². The molecule has 3 nitrogen and oxygen atoms in total. The average molecular weight is 253 g/mol. The minimum absolute atomic E-state index is 0.0452. The first-order chi connectivity index (χ1) is 9.33. The minimum atomic E-state index is -0.218. The Bertz CT molecular complexity index is 595. The molecule has 3 heteroatoms. The third kappa shape index (κ3) is 1.97. The van der Waals surface area contributed by atoms with E-state index in [1.165, 1.54) is 0 Å². The van der Waals surface area contributed by atoms with Crippen LogP contribution in [0.1, 0.15) is 17.0 Å². The molecule has 0 saturated heterocycles. The summed E-state index contributed by atoms with van der Waals surface area (Å²) in [5.41, 5.74) is 3.26. The molecule has 0 saturated carbocycles. The zero-order valence-electron chi connectivity index (χ0n) is 10.7. The highest BCUT2D eigenvalue weighted by Gasteiger charge is 2.33. The number of aldehydes is 1. The van der Waals surface area contributed by atoms with Crippen molar-refractivity contribution in [2.75, 3.05) is 12.4 Å². The van der Waals surface area contributed by atoms with Gasteiger partial charge < -0.3 is 14.8 Å². The molecule has 0 unspecified atom stereocenters. The lowest BCUT2D eigenvalue weighted by Crippen LogP contribution is -2.22. The predicted octanol–water partition coefficient (Wildman–Crippen LogP) is 2.82. The molecule has 1 N–H and O–H groups in total. The summed E-state index contributed by atoms with van der Waals surface area (Å²) in [5, 5.41) is 3.26. The van der Waals surface area contributed by atoms with Gasteiger partial charge in [-0.2, -0.15) is 0 Å². The molecule has 1 aliphatic rings. The van der Waals surface area contributed by atoms with Crippen LogP contribution < -0.4 is 10.1 Å². The Hall–Kier alpha value is -2.29. The zero-order chi connectivity index (χ0) is 13.2. The van der Waals surface area contributed by atoms with E-state index >= 15 is 0 Å². The molecule has 2 aromatic rings. The van der Waals surface area contributed by atoms with Gasteiger partial charge in [0.15, 0.2) is 0 Å². The summed E-state index contributed by atoms with van der Waals surface area (Å²) in [6.45, 7) is 0. The first-order valence-electron chi connectivity index (χ1n) is 6.28. The molecule has 19 heavy (non-hydrogen) atoms. The van der Waals surface area contributed by atoms with Crippen LogP contribution in [0, 0.1) is 0 Å². The van der Waals surface area contributed by atoms with E-state index in [0.29, 0.717) is 0 Å². The Morgan fingerprint density at radius 3 is 2.63 bits per heavy atom. The number of methoxy groups -OCH3 is 1. The maximum absolute atomic E-state index is 11.3. The van der Waals surface area contributed by atoms with Crippen molar-refractivity contribution in [1.82, 2.24) is 0 Å². The maximum atomic E-state index is 11.3. The third-order valence-corrected chi connectivity index (χ3v) is 3.58. The van der Waals surface area contributed by atoms with E-state index in [0.717, 1.165) is 28.8 Å². The summed E-state index contributed by atoms with van der Waals surface area (Å²) in [4.78, 5) is 11.3. The van der Waals surface area contributed by atoms with Gasteiger partial charge in [0.2, 0.25) is 0 Å². The first-order valence-corrected chi connectivity index (χ1v) is 6.28. The number of fused-ring (bicyclic) bond motifs is 1. The van der Waals surface area contributed by atoms with Crippen LogP contribution in [0.15, 0.2) is 48.5 Å². The second-order valence-corrected chi connectivity index (χ2v) is 4.65. The molecule has 0 spiro atoms. The van der Waals surface area contributed by atoms with Gasteiger partial charge in [-0.3, -0.25) is 0 Å². The van der Waals surface area contributed by atoms with E-state index in [1.807, 2.05) is 36.4 Å². The molecule has 0 radical (unpaired) electrons. The van der Waals surface area contributed by atoms with Crippen LogP contribution in [0.25, 0.3) is 0 Å². The van der Waals surface area contributed by atoms with E-state index < -0.39 is 0 Å². The second-order valence-electron chi connectivity index (χ2n) is 4.65. The van der Waals surface area contributed by atoms with Crippen LogP contribution in [-0.4, -0.2) is 19.4 Å². The average Bonchev–Trinajstić information content (AvgIpc) is 2.85. The van der Waals surface area contributed by atoms with Gasteiger partial charge >= 0.3 is 0 Å². The van der Waals surface area contributed by atoms with E-state index in [-0.39, 0.29) is 12.0 Å². The Morgan fingerprint density at radius 1 is 1.16 bits per heavy atom. The van der Waals surface area contributed by atoms with Crippen molar-refractivity contribution in [2.24, 2.45) is 0 Å². The molecular weight excluding hydrogens is 238 g/mol. The van der Waals surface area contributed by atoms with Crippen molar-refractivity contribution in [3.8, 4) is 5.75 Å². The van der Waals surface area contributed by atoms with Crippen molar-refractivity contribution in [1.29, 1.82) is 0 Å². The topological polar surface area (TPSA) is 38.3 Å². The van der Waals surface area contributed by atoms with Gasteiger partial charge in [-0.15, -0.1) is 0 Å². The van der Waals surface area contributed by atoms with Crippen LogP contribution in [0.2, 0.25) is 0 Å². The third-order valence-electron chi connectivity index (χ3n) is 3.58. The monoisotopic (exact) mass is 253 g/mol. The quantitative estimate of drug-likeness (QED) is 0.855. The van der Waals surface area contributed by atoms with Gasteiger partial charge in [-0.05, 0) is 29.3 Å². The normalized spacial score (nSPS) is 20.5. The second kappa shape index (κ2) is 4.76. The minimum Gasteiger partial charge on any atom is -0.497 e. The van der Waals surface area contributed by atoms with Crippen LogP contribution in [0.5, 0.6) is 5.75 Å². The highest BCUT2D eigenvalue weighted by atomic mass is 16.5. The standard InChI is InChI=1S/C16H15NO2/c1-19-12-7-8-14-13(9-12)16(15(10-18)17-14)11-5-3-2-4-6-11/h2-10,15-17H,1H3/t15-,16-/m1/s1. The number of nitrogens with one attached hydrogen (secondary N) is 1. The highest BCUT2D eigenvalue weighted by molar-refractivity contribution is 5.76. The predicted molar refractivity (Wildman–Crippen MR) is 74.8 cm³/mol. The lowest BCUT2D eigenvalue weighted by atomic mass is 9.88. The Kier molecular flexibility index (Phi) is 2.95. The summed E-state index contributed by atoms with van der Waals surface area (Å²) in [6.07, 6.45) is 0.976. The number of hydrogen-bond donors (Lipinski definition) is 1. The fraction of sp³-hybridized carbons (Fsp3) is 0.188.